The molecule has 1 amide bonds. The predicted octanol–water partition coefficient (Wildman–Crippen LogP) is 2.47. The third kappa shape index (κ3) is 3.97. The van der Waals surface area contributed by atoms with Gasteiger partial charge in [0.05, 0.1) is 12.5 Å². The first kappa shape index (κ1) is 20.1. The first-order valence-corrected chi connectivity index (χ1v) is 10.7. The Morgan fingerprint density at radius 3 is 2.66 bits per heavy atom. The van der Waals surface area contributed by atoms with Crippen LogP contribution in [-0.2, 0) is 14.3 Å². The normalized spacial score (nSPS) is 34.4. The molecule has 3 unspecified atom stereocenters. The summed E-state index contributed by atoms with van der Waals surface area (Å²) in [7, 11) is 0. The highest BCUT2D eigenvalue weighted by Crippen LogP contribution is 2.40. The number of carbonyl (C=O) groups excluding carboxylic acids is 1. The lowest BCUT2D eigenvalue weighted by Crippen LogP contribution is -2.39. The van der Waals surface area contributed by atoms with Crippen LogP contribution in [0.3, 0.4) is 0 Å². The fraction of sp³-hybridized carbons (Fsp3) is 0.682. The average Bonchev–Trinajstić information content (AvgIpc) is 3.37. The number of carboxylic acid groups (broad SMARTS) is 1. The van der Waals surface area contributed by atoms with Crippen LogP contribution in [-0.4, -0.2) is 53.9 Å². The van der Waals surface area contributed by atoms with Gasteiger partial charge in [0.2, 0.25) is 5.91 Å². The van der Waals surface area contributed by atoms with Crippen molar-refractivity contribution in [3.05, 3.63) is 22.9 Å². The second-order valence-electron chi connectivity index (χ2n) is 9.16. The second-order valence-corrected chi connectivity index (χ2v) is 9.16. The minimum Gasteiger partial charge on any atom is -0.481 e. The van der Waals surface area contributed by atoms with Crippen molar-refractivity contribution in [2.45, 2.75) is 51.4 Å². The molecule has 0 radical (unpaired) electrons. The molecule has 29 heavy (non-hydrogen) atoms. The lowest BCUT2D eigenvalue weighted by Gasteiger charge is -2.30. The summed E-state index contributed by atoms with van der Waals surface area (Å²) in [5.74, 6) is -1.05. The Bertz CT molecular complexity index is 779. The standard InChI is InChI=1S/C22H31N3O4/c23-18-11-16(20(26)25-9-7-22(12-25)8-10-29-13-22)5-6-17(18)19(24)14-1-3-15(4-2-14)21(27)28/h1,15-16,23H,2-13,24H2,(H,27,28). The molecule has 3 atom stereocenters. The van der Waals surface area contributed by atoms with E-state index in [2.05, 4.69) is 0 Å². The number of amides is 1. The molecular weight excluding hydrogens is 370 g/mol. The minimum atomic E-state index is -0.758. The van der Waals surface area contributed by atoms with Crippen LogP contribution in [0.25, 0.3) is 0 Å². The van der Waals surface area contributed by atoms with Gasteiger partial charge in [0, 0.05) is 48.9 Å². The van der Waals surface area contributed by atoms with Crippen LogP contribution in [0, 0.1) is 22.7 Å². The molecule has 4 aliphatic rings. The van der Waals surface area contributed by atoms with Crippen molar-refractivity contribution < 1.29 is 19.4 Å². The zero-order chi connectivity index (χ0) is 20.6. The number of nitrogens with one attached hydrogen (secondary N) is 1. The maximum absolute atomic E-state index is 13.0. The molecule has 2 heterocycles. The summed E-state index contributed by atoms with van der Waals surface area (Å²) in [5.41, 5.74) is 9.44. The summed E-state index contributed by atoms with van der Waals surface area (Å²) >= 11 is 0. The van der Waals surface area contributed by atoms with E-state index in [4.69, 9.17) is 21.0 Å². The molecule has 0 aromatic rings. The molecule has 0 aromatic carbocycles. The summed E-state index contributed by atoms with van der Waals surface area (Å²) in [6.07, 6.45) is 7.51. The Labute approximate surface area is 171 Å². The number of likely N-dealkylation sites (tertiary alicyclic amines) is 1. The highest BCUT2D eigenvalue weighted by molar-refractivity contribution is 6.02. The van der Waals surface area contributed by atoms with Crippen LogP contribution in [0.2, 0.25) is 0 Å². The topological polar surface area (TPSA) is 117 Å². The monoisotopic (exact) mass is 401 g/mol. The van der Waals surface area contributed by atoms with E-state index < -0.39 is 5.97 Å². The van der Waals surface area contributed by atoms with Gasteiger partial charge in [-0.25, -0.2) is 0 Å². The van der Waals surface area contributed by atoms with Gasteiger partial charge in [-0.15, -0.1) is 0 Å². The predicted molar refractivity (Wildman–Crippen MR) is 108 cm³/mol. The number of rotatable bonds is 3. The number of aliphatic carboxylic acids is 1. The van der Waals surface area contributed by atoms with Crippen LogP contribution < -0.4 is 5.73 Å². The quantitative estimate of drug-likeness (QED) is 0.672. The van der Waals surface area contributed by atoms with E-state index >= 15 is 0 Å². The van der Waals surface area contributed by atoms with Crippen molar-refractivity contribution in [3.63, 3.8) is 0 Å². The average molecular weight is 402 g/mol. The fourth-order valence-electron chi connectivity index (χ4n) is 5.30. The Morgan fingerprint density at radius 1 is 1.24 bits per heavy atom. The molecule has 2 aliphatic heterocycles. The largest absolute Gasteiger partial charge is 0.481 e. The van der Waals surface area contributed by atoms with Crippen LogP contribution in [0.4, 0.5) is 0 Å². The third-order valence-electron chi connectivity index (χ3n) is 7.27. The molecular formula is C22H31N3O4. The van der Waals surface area contributed by atoms with E-state index in [1.165, 1.54) is 0 Å². The van der Waals surface area contributed by atoms with E-state index in [0.29, 0.717) is 43.5 Å². The van der Waals surface area contributed by atoms with Gasteiger partial charge in [-0.05, 0) is 56.1 Å². The number of nitrogens with two attached hydrogens (primary N) is 1. The van der Waals surface area contributed by atoms with E-state index in [0.717, 1.165) is 56.7 Å². The summed E-state index contributed by atoms with van der Waals surface area (Å²) in [6.45, 7) is 3.15. The maximum atomic E-state index is 13.0. The molecule has 1 spiro atoms. The van der Waals surface area contributed by atoms with Gasteiger partial charge in [0.15, 0.2) is 0 Å². The lowest BCUT2D eigenvalue weighted by molar-refractivity contribution is -0.142. The summed E-state index contributed by atoms with van der Waals surface area (Å²) in [5, 5.41) is 17.7. The number of carbonyl (C=O) groups is 2. The van der Waals surface area contributed by atoms with Crippen molar-refractivity contribution in [1.29, 1.82) is 5.41 Å². The van der Waals surface area contributed by atoms with Crippen LogP contribution in [0.1, 0.15) is 51.4 Å². The van der Waals surface area contributed by atoms with Gasteiger partial charge in [0.1, 0.15) is 0 Å². The van der Waals surface area contributed by atoms with Crippen molar-refractivity contribution in [1.82, 2.24) is 4.90 Å². The molecule has 3 fully saturated rings. The Hall–Kier alpha value is -2.15. The van der Waals surface area contributed by atoms with Crippen molar-refractivity contribution in [3.8, 4) is 0 Å². The minimum absolute atomic E-state index is 0.131. The van der Waals surface area contributed by atoms with Crippen LogP contribution >= 0.6 is 0 Å². The second kappa shape index (κ2) is 7.94. The molecule has 2 aliphatic carbocycles. The Kier molecular flexibility index (Phi) is 5.51. The molecule has 4 rings (SSSR count). The van der Waals surface area contributed by atoms with Gasteiger partial charge in [-0.1, -0.05) is 6.08 Å². The van der Waals surface area contributed by atoms with Crippen LogP contribution in [0.5, 0.6) is 0 Å². The SMILES string of the molecule is N=C1CC(C(=O)N2CCC3(CCOC3)C2)CCC1=C(N)C1=CCC(C(=O)O)CC1. The summed E-state index contributed by atoms with van der Waals surface area (Å²) in [6, 6.07) is 0. The molecule has 0 aromatic heterocycles. The molecule has 7 heteroatoms. The highest BCUT2D eigenvalue weighted by atomic mass is 16.5. The van der Waals surface area contributed by atoms with Crippen molar-refractivity contribution >= 4 is 17.6 Å². The third-order valence-corrected chi connectivity index (χ3v) is 7.27. The number of ether oxygens (including phenoxy) is 1. The van der Waals surface area contributed by atoms with E-state index in [-0.39, 0.29) is 23.2 Å². The highest BCUT2D eigenvalue weighted by Gasteiger charge is 2.44. The molecule has 4 N–H and O–H groups in total. The first-order chi connectivity index (χ1) is 13.9. The van der Waals surface area contributed by atoms with Gasteiger partial charge in [-0.3, -0.25) is 9.59 Å². The number of hydrogen-bond acceptors (Lipinski definition) is 5. The van der Waals surface area contributed by atoms with Crippen LogP contribution in [0.15, 0.2) is 22.9 Å². The zero-order valence-corrected chi connectivity index (χ0v) is 16.9. The Balaban J connectivity index is 1.38. The summed E-state index contributed by atoms with van der Waals surface area (Å²) in [4.78, 5) is 26.2. The molecule has 2 saturated heterocycles. The number of nitrogens with zero attached hydrogens (tertiary/aromatic N) is 1. The zero-order valence-electron chi connectivity index (χ0n) is 16.9. The van der Waals surface area contributed by atoms with E-state index in [1.54, 1.807) is 0 Å². The molecule has 1 saturated carbocycles. The maximum Gasteiger partial charge on any atom is 0.306 e. The number of carboxylic acids is 1. The summed E-state index contributed by atoms with van der Waals surface area (Å²) < 4.78 is 5.56. The Morgan fingerprint density at radius 2 is 2.03 bits per heavy atom. The van der Waals surface area contributed by atoms with Gasteiger partial charge in [0.25, 0.3) is 0 Å². The number of hydrogen-bond donors (Lipinski definition) is 3. The van der Waals surface area contributed by atoms with Crippen molar-refractivity contribution in [2.75, 3.05) is 26.3 Å². The number of allylic oxidation sites excluding steroid dienone is 3. The van der Waals surface area contributed by atoms with Gasteiger partial charge < -0.3 is 25.9 Å². The van der Waals surface area contributed by atoms with E-state index in [1.807, 2.05) is 11.0 Å². The van der Waals surface area contributed by atoms with Gasteiger partial charge in [-0.2, -0.15) is 0 Å². The van der Waals surface area contributed by atoms with E-state index in [9.17, 15) is 9.59 Å². The fourth-order valence-corrected chi connectivity index (χ4v) is 5.30. The smallest absolute Gasteiger partial charge is 0.306 e. The first-order valence-electron chi connectivity index (χ1n) is 10.7. The molecule has 0 bridgehead atoms. The molecule has 158 valence electrons. The van der Waals surface area contributed by atoms with Crippen molar-refractivity contribution in [2.24, 2.45) is 23.0 Å². The molecule has 7 nitrogen and oxygen atoms in total. The lowest BCUT2D eigenvalue weighted by atomic mass is 9.80. The van der Waals surface area contributed by atoms with Gasteiger partial charge >= 0.3 is 5.97 Å².